The van der Waals surface area contributed by atoms with Crippen molar-refractivity contribution >= 4 is 34.3 Å². The van der Waals surface area contributed by atoms with Crippen molar-refractivity contribution < 1.29 is 41.8 Å². The number of hydrogen-bond donors (Lipinski definition) is 5. The van der Waals surface area contributed by atoms with Gasteiger partial charge in [-0.25, -0.2) is 9.37 Å². The first-order valence-electron chi connectivity index (χ1n) is 14.5. The van der Waals surface area contributed by atoms with Gasteiger partial charge in [-0.05, 0) is 68.4 Å². The van der Waals surface area contributed by atoms with E-state index in [-0.39, 0.29) is 46.3 Å². The van der Waals surface area contributed by atoms with E-state index >= 15 is 0 Å². The van der Waals surface area contributed by atoms with Crippen LogP contribution in [0.15, 0.2) is 60.8 Å². The summed E-state index contributed by atoms with van der Waals surface area (Å²) in [6.07, 6.45) is -3.30. The van der Waals surface area contributed by atoms with E-state index in [1.807, 2.05) is 0 Å². The van der Waals surface area contributed by atoms with Crippen LogP contribution < -0.4 is 26.4 Å². The zero-order valence-corrected chi connectivity index (χ0v) is 24.7. The largest absolute Gasteiger partial charge is 0.489 e. The molecule has 0 unspecified atom stereocenters. The number of carbonyl (C=O) groups excluding carboxylic acids is 3. The number of halogens is 4. The molecule has 11 nitrogen and oxygen atoms in total. The Morgan fingerprint density at radius 2 is 1.87 bits per heavy atom. The SMILES string of the molecule is C[C@]1(C(N)=O)COc2c1cc([C@@](O)(CNC(=O)c1cc(NC(=O)[C@H]3CCN3)c3ncccc3c1)C(F)(F)F)nc2-c1ccc(F)cc1. The lowest BCUT2D eigenvalue weighted by atomic mass is 9.81. The Hall–Kier alpha value is -5.15. The number of benzene rings is 2. The zero-order valence-electron chi connectivity index (χ0n) is 24.7. The number of rotatable bonds is 8. The van der Waals surface area contributed by atoms with Crippen LogP contribution in [0.1, 0.15) is 35.0 Å². The zero-order chi connectivity index (χ0) is 33.7. The maximum atomic E-state index is 14.8. The molecular weight excluding hydrogens is 624 g/mol. The molecule has 0 spiro atoms. The lowest BCUT2D eigenvalue weighted by Crippen LogP contribution is -2.52. The third-order valence-electron chi connectivity index (χ3n) is 8.50. The van der Waals surface area contributed by atoms with E-state index in [9.17, 15) is 37.1 Å². The van der Waals surface area contributed by atoms with Gasteiger partial charge >= 0.3 is 6.18 Å². The van der Waals surface area contributed by atoms with E-state index in [2.05, 4.69) is 25.9 Å². The Morgan fingerprint density at radius 1 is 1.15 bits per heavy atom. The van der Waals surface area contributed by atoms with E-state index < -0.39 is 53.1 Å². The molecule has 2 aliphatic heterocycles. The number of aromatic nitrogens is 2. The van der Waals surface area contributed by atoms with Crippen molar-refractivity contribution in [3.8, 4) is 17.0 Å². The molecule has 3 amide bonds. The number of alkyl halides is 3. The summed E-state index contributed by atoms with van der Waals surface area (Å²) < 4.78 is 63.7. The number of nitrogens with two attached hydrogens (primary N) is 1. The van der Waals surface area contributed by atoms with Gasteiger partial charge in [-0.15, -0.1) is 0 Å². The molecule has 1 saturated heterocycles. The van der Waals surface area contributed by atoms with E-state index in [4.69, 9.17) is 10.5 Å². The minimum atomic E-state index is -5.40. The maximum Gasteiger partial charge on any atom is 0.424 e. The summed E-state index contributed by atoms with van der Waals surface area (Å²) in [5.41, 5.74) is -0.412. The number of aliphatic hydroxyl groups is 1. The van der Waals surface area contributed by atoms with Crippen molar-refractivity contribution in [2.24, 2.45) is 5.73 Å². The second-order valence-corrected chi connectivity index (χ2v) is 11.6. The first-order chi connectivity index (χ1) is 22.2. The number of anilines is 1. The van der Waals surface area contributed by atoms with Crippen LogP contribution in [0.3, 0.4) is 0 Å². The molecular formula is C32H28F4N6O5. The number of ether oxygens (including phenoxy) is 1. The molecule has 244 valence electrons. The Bertz CT molecular complexity index is 1920. The topological polar surface area (TPSA) is 169 Å². The molecule has 4 heterocycles. The van der Waals surface area contributed by atoms with E-state index in [1.54, 1.807) is 12.1 Å². The molecule has 1 fully saturated rings. The molecule has 4 aromatic rings. The Labute approximate surface area is 264 Å². The summed E-state index contributed by atoms with van der Waals surface area (Å²) in [4.78, 5) is 46.8. The lowest BCUT2D eigenvalue weighted by molar-refractivity contribution is -0.265. The van der Waals surface area contributed by atoms with Crippen molar-refractivity contribution in [2.45, 2.75) is 36.6 Å². The van der Waals surface area contributed by atoms with Gasteiger partial charge in [0.05, 0.1) is 29.5 Å². The molecule has 0 saturated carbocycles. The van der Waals surface area contributed by atoms with Gasteiger partial charge in [0.25, 0.3) is 5.91 Å². The van der Waals surface area contributed by atoms with Gasteiger partial charge in [0, 0.05) is 28.3 Å². The fraction of sp³-hybridized carbons (Fsp3) is 0.281. The average Bonchev–Trinajstić information content (AvgIpc) is 3.36. The van der Waals surface area contributed by atoms with Gasteiger partial charge < -0.3 is 31.5 Å². The third kappa shape index (κ3) is 5.61. The molecule has 6 N–H and O–H groups in total. The highest BCUT2D eigenvalue weighted by molar-refractivity contribution is 6.07. The summed E-state index contributed by atoms with van der Waals surface area (Å²) in [6.45, 7) is 0.336. The molecule has 47 heavy (non-hydrogen) atoms. The monoisotopic (exact) mass is 652 g/mol. The summed E-state index contributed by atoms with van der Waals surface area (Å²) >= 11 is 0. The Morgan fingerprint density at radius 3 is 2.51 bits per heavy atom. The molecule has 6 rings (SSSR count). The number of amides is 3. The van der Waals surface area contributed by atoms with Crippen LogP contribution in [0.4, 0.5) is 23.2 Å². The summed E-state index contributed by atoms with van der Waals surface area (Å²) in [7, 11) is 0. The number of pyridine rings is 2. The van der Waals surface area contributed by atoms with Crippen molar-refractivity contribution in [3.63, 3.8) is 0 Å². The predicted octanol–water partition coefficient (Wildman–Crippen LogP) is 3.05. The van der Waals surface area contributed by atoms with Crippen molar-refractivity contribution in [2.75, 3.05) is 25.0 Å². The lowest BCUT2D eigenvalue weighted by Gasteiger charge is -2.31. The summed E-state index contributed by atoms with van der Waals surface area (Å²) in [6, 6.07) is 11.0. The molecule has 0 radical (unpaired) electrons. The van der Waals surface area contributed by atoms with Crippen LogP contribution in [0.25, 0.3) is 22.2 Å². The number of fused-ring (bicyclic) bond motifs is 2. The van der Waals surface area contributed by atoms with Gasteiger partial charge in [-0.1, -0.05) is 6.07 Å². The fourth-order valence-electron chi connectivity index (χ4n) is 5.40. The second kappa shape index (κ2) is 11.6. The normalized spacial score (nSPS) is 20.0. The highest BCUT2D eigenvalue weighted by atomic mass is 19.4. The quantitative estimate of drug-likeness (QED) is 0.181. The van der Waals surface area contributed by atoms with Crippen LogP contribution in [0.2, 0.25) is 0 Å². The first-order valence-corrected chi connectivity index (χ1v) is 14.5. The van der Waals surface area contributed by atoms with Crippen LogP contribution in [0, 0.1) is 5.82 Å². The number of nitrogens with zero attached hydrogens (tertiary/aromatic N) is 2. The average molecular weight is 653 g/mol. The van der Waals surface area contributed by atoms with Crippen LogP contribution in [0.5, 0.6) is 5.75 Å². The van der Waals surface area contributed by atoms with Gasteiger partial charge in [0.2, 0.25) is 17.4 Å². The van der Waals surface area contributed by atoms with Crippen LogP contribution >= 0.6 is 0 Å². The molecule has 0 bridgehead atoms. The number of primary amides is 1. The third-order valence-corrected chi connectivity index (χ3v) is 8.50. The number of carbonyl (C=O) groups is 3. The standard InChI is InChI=1S/C32H28F4N6O5/c1-30(29(37)45)15-47-26-20(30)13-23(42-25(26)16-4-6-19(33)7-5-16)31(46,32(34,35)36)14-40-27(43)18-11-17-3-2-9-39-24(17)22(12-18)41-28(44)21-8-10-38-21/h2-7,9,11-13,21,38,46H,8,10,14-15H2,1H3,(H2,37,45)(H,40,43)(H,41,44)/t21-,30+,31+/m1/s1. The van der Waals surface area contributed by atoms with Crippen molar-refractivity contribution in [1.29, 1.82) is 0 Å². The van der Waals surface area contributed by atoms with Gasteiger partial charge in [-0.2, -0.15) is 13.2 Å². The number of hydrogen-bond acceptors (Lipinski definition) is 8. The number of nitrogens with one attached hydrogen (secondary N) is 3. The predicted molar refractivity (Wildman–Crippen MR) is 161 cm³/mol. The van der Waals surface area contributed by atoms with E-state index in [0.717, 1.165) is 18.2 Å². The smallest absolute Gasteiger partial charge is 0.424 e. The fourth-order valence-corrected chi connectivity index (χ4v) is 5.40. The molecule has 15 heteroatoms. The van der Waals surface area contributed by atoms with Gasteiger partial charge in [-0.3, -0.25) is 19.4 Å². The minimum absolute atomic E-state index is 0.0494. The van der Waals surface area contributed by atoms with Gasteiger partial charge in [0.1, 0.15) is 29.3 Å². The first kappa shape index (κ1) is 31.8. The van der Waals surface area contributed by atoms with Crippen molar-refractivity contribution in [1.82, 2.24) is 20.6 Å². The second-order valence-electron chi connectivity index (χ2n) is 11.6. The summed E-state index contributed by atoms with van der Waals surface area (Å²) in [5, 5.41) is 19.6. The van der Waals surface area contributed by atoms with Gasteiger partial charge in [0.15, 0.2) is 0 Å². The molecule has 2 aliphatic rings. The highest BCUT2D eigenvalue weighted by Crippen LogP contribution is 2.47. The Balaban J connectivity index is 1.38. The molecule has 2 aromatic heterocycles. The molecule has 3 atom stereocenters. The van der Waals surface area contributed by atoms with E-state index in [1.165, 1.54) is 37.4 Å². The maximum absolute atomic E-state index is 14.8. The van der Waals surface area contributed by atoms with Crippen molar-refractivity contribution in [3.05, 3.63) is 83.4 Å². The Kier molecular flexibility index (Phi) is 7.84. The van der Waals surface area contributed by atoms with Crippen LogP contribution in [-0.4, -0.2) is 64.7 Å². The molecule has 2 aromatic carbocycles. The highest BCUT2D eigenvalue weighted by Gasteiger charge is 2.57. The summed E-state index contributed by atoms with van der Waals surface area (Å²) in [5.74, 6) is -2.93. The minimum Gasteiger partial charge on any atom is -0.489 e. The molecule has 0 aliphatic carbocycles. The van der Waals surface area contributed by atoms with Crippen LogP contribution in [-0.2, 0) is 20.6 Å². The van der Waals surface area contributed by atoms with E-state index in [0.29, 0.717) is 23.9 Å².